The number of rotatable bonds is 7. The van der Waals surface area contributed by atoms with E-state index in [1.807, 2.05) is 0 Å². The number of hydrogen-bond donors (Lipinski definition) is 6. The number of carbonyl (C=O) groups excluding carboxylic acids is 2. The highest BCUT2D eigenvalue weighted by Gasteiger charge is 2.55. The summed E-state index contributed by atoms with van der Waals surface area (Å²) in [6.07, 6.45) is -5.19. The van der Waals surface area contributed by atoms with Gasteiger partial charge in [0.05, 0.1) is 24.8 Å². The van der Waals surface area contributed by atoms with Crippen LogP contribution in [-0.4, -0.2) is 86.0 Å². The van der Waals surface area contributed by atoms with Crippen molar-refractivity contribution in [2.75, 3.05) is 19.5 Å². The summed E-state index contributed by atoms with van der Waals surface area (Å²) in [6, 6.07) is 8.78. The van der Waals surface area contributed by atoms with Crippen LogP contribution in [0.1, 0.15) is 49.4 Å². The number of aromatic nitrogens is 1. The minimum atomic E-state index is -2.09. The van der Waals surface area contributed by atoms with Crippen molar-refractivity contribution in [2.24, 2.45) is 0 Å². The van der Waals surface area contributed by atoms with Crippen molar-refractivity contribution in [1.82, 2.24) is 4.98 Å². The monoisotopic (exact) mass is 566 g/mol. The third kappa shape index (κ3) is 4.89. The molecule has 2 aliphatic rings. The predicted molar refractivity (Wildman–Crippen MR) is 143 cm³/mol. The maximum Gasteiger partial charge on any atom is 0.229 e. The molecule has 1 fully saturated rings. The highest BCUT2D eigenvalue weighted by molar-refractivity contribution is 6.30. The second-order valence-corrected chi connectivity index (χ2v) is 10.2. The van der Waals surface area contributed by atoms with Gasteiger partial charge in [-0.3, -0.25) is 9.59 Å². The number of benzene rings is 2. The number of phenols is 1. The molecule has 3 aromatic rings. The number of hydrogen-bond acceptors (Lipinski definition) is 12. The first-order valence-corrected chi connectivity index (χ1v) is 12.9. The number of aliphatic hydroxyl groups excluding tert-OH is 3. The predicted octanol–water partition coefficient (Wildman–Crippen LogP) is 0.644. The zero-order valence-electron chi connectivity index (χ0n) is 22.3. The van der Waals surface area contributed by atoms with Crippen LogP contribution in [0.4, 0.5) is 5.82 Å². The molecule has 0 amide bonds. The molecule has 1 aliphatic carbocycles. The van der Waals surface area contributed by atoms with Gasteiger partial charge in [0.2, 0.25) is 12.1 Å². The average molecular weight is 567 g/mol. The number of pyridine rings is 1. The van der Waals surface area contributed by atoms with E-state index in [0.717, 1.165) is 0 Å². The number of nitrogen functional groups attached to an aromatic ring is 1. The summed E-state index contributed by atoms with van der Waals surface area (Å²) in [7, 11) is 1.35. The van der Waals surface area contributed by atoms with Crippen LogP contribution in [0.5, 0.6) is 17.2 Å². The molecular weight excluding hydrogens is 536 g/mol. The van der Waals surface area contributed by atoms with Crippen LogP contribution in [0.3, 0.4) is 0 Å². The Labute approximate surface area is 234 Å². The molecular formula is C29H30N2O10. The van der Waals surface area contributed by atoms with Crippen LogP contribution < -0.4 is 15.2 Å². The molecule has 5 atom stereocenters. The van der Waals surface area contributed by atoms with Crippen LogP contribution in [-0.2, 0) is 11.2 Å². The third-order valence-corrected chi connectivity index (χ3v) is 7.56. The number of nitrogens with two attached hydrogens (primary N) is 1. The van der Waals surface area contributed by atoms with E-state index < -0.39 is 48.4 Å². The molecule has 216 valence electrons. The maximum atomic E-state index is 13.6. The average Bonchev–Trinajstić information content (AvgIpc) is 2.94. The molecule has 5 unspecified atom stereocenters. The largest absolute Gasteiger partial charge is 0.507 e. The fourth-order valence-corrected chi connectivity index (χ4v) is 5.39. The number of aromatic hydroxyl groups is 1. The second kappa shape index (κ2) is 10.7. The van der Waals surface area contributed by atoms with Gasteiger partial charge in [-0.1, -0.05) is 0 Å². The van der Waals surface area contributed by atoms with E-state index in [0.29, 0.717) is 11.1 Å². The number of ketones is 2. The molecule has 12 heteroatoms. The van der Waals surface area contributed by atoms with Gasteiger partial charge in [-0.25, -0.2) is 4.98 Å². The fourth-order valence-electron chi connectivity index (χ4n) is 5.39. The standard InChI is InChI=1S/C29H30N2O10/c1-13-7-16-22(18(33)8-13)25(35)23-17(24(16)34)10-15(39-2)11-19(23)40-28-26(36)27(37)29(38,20(12-32)41-28)5-3-14-4-6-31-21(30)9-14/h4,6-11,20,26-28,32-33,36-38H,3,5,12H2,1-2H3,(H2,30,31). The van der Waals surface area contributed by atoms with Gasteiger partial charge in [0.25, 0.3) is 0 Å². The summed E-state index contributed by atoms with van der Waals surface area (Å²) < 4.78 is 16.9. The summed E-state index contributed by atoms with van der Waals surface area (Å²) >= 11 is 0. The number of aliphatic hydroxyl groups is 4. The number of nitrogens with zero attached hydrogens (tertiary/aromatic N) is 1. The van der Waals surface area contributed by atoms with Gasteiger partial charge in [-0.15, -0.1) is 0 Å². The molecule has 1 aromatic heterocycles. The number of ether oxygens (including phenoxy) is 3. The Bertz CT molecular complexity index is 1520. The Kier molecular flexibility index (Phi) is 7.45. The van der Waals surface area contributed by atoms with E-state index in [1.54, 1.807) is 19.1 Å². The lowest BCUT2D eigenvalue weighted by Gasteiger charge is -2.47. The Hall–Kier alpha value is -4.07. The smallest absolute Gasteiger partial charge is 0.229 e. The van der Waals surface area contributed by atoms with Gasteiger partial charge in [-0.05, 0) is 61.2 Å². The summed E-state index contributed by atoms with van der Waals surface area (Å²) in [5.41, 5.74) is 4.46. The Morgan fingerprint density at radius 2 is 1.80 bits per heavy atom. The van der Waals surface area contributed by atoms with E-state index in [1.165, 1.54) is 37.6 Å². The van der Waals surface area contributed by atoms with Crippen LogP contribution >= 0.6 is 0 Å². The van der Waals surface area contributed by atoms with Crippen LogP contribution in [0.15, 0.2) is 42.6 Å². The first-order chi connectivity index (χ1) is 19.5. The number of carbonyl (C=O) groups is 2. The number of anilines is 1. The molecule has 0 radical (unpaired) electrons. The van der Waals surface area contributed by atoms with Crippen molar-refractivity contribution < 1.29 is 49.3 Å². The third-order valence-electron chi connectivity index (χ3n) is 7.56. The van der Waals surface area contributed by atoms with Crippen molar-refractivity contribution in [1.29, 1.82) is 0 Å². The van der Waals surface area contributed by atoms with Gasteiger partial charge in [-0.2, -0.15) is 0 Å². The topological polar surface area (TPSA) is 202 Å². The van der Waals surface area contributed by atoms with E-state index in [9.17, 15) is 35.1 Å². The molecule has 0 saturated carbocycles. The molecule has 2 heterocycles. The molecule has 2 aromatic carbocycles. The number of methoxy groups -OCH3 is 1. The number of aryl methyl sites for hydroxylation is 2. The molecule has 1 aliphatic heterocycles. The lowest BCUT2D eigenvalue weighted by atomic mass is 9.80. The lowest BCUT2D eigenvalue weighted by Crippen LogP contribution is -2.68. The van der Waals surface area contributed by atoms with Crippen molar-refractivity contribution in [2.45, 2.75) is 50.0 Å². The van der Waals surface area contributed by atoms with Crippen molar-refractivity contribution in [3.8, 4) is 17.2 Å². The van der Waals surface area contributed by atoms with Crippen molar-refractivity contribution in [3.63, 3.8) is 0 Å². The minimum absolute atomic E-state index is 0.0185. The van der Waals surface area contributed by atoms with Crippen molar-refractivity contribution in [3.05, 3.63) is 76.0 Å². The van der Waals surface area contributed by atoms with Gasteiger partial charge in [0.15, 0.2) is 5.78 Å². The fraction of sp³-hybridized carbons (Fsp3) is 0.345. The molecule has 5 rings (SSSR count). The Balaban J connectivity index is 1.47. The van der Waals surface area contributed by atoms with Gasteiger partial charge in [0.1, 0.15) is 47.0 Å². The van der Waals surface area contributed by atoms with Crippen LogP contribution in [0.2, 0.25) is 0 Å². The number of phenolic OH excluding ortho intramolecular Hbond substituents is 1. The number of fused-ring (bicyclic) bond motifs is 2. The second-order valence-electron chi connectivity index (χ2n) is 10.2. The summed E-state index contributed by atoms with van der Waals surface area (Å²) in [6.45, 7) is 0.929. The van der Waals surface area contributed by atoms with Gasteiger partial charge < -0.3 is 45.5 Å². The lowest BCUT2D eigenvalue weighted by molar-refractivity contribution is -0.314. The highest BCUT2D eigenvalue weighted by Crippen LogP contribution is 2.42. The normalized spacial score (nSPS) is 25.4. The summed E-state index contributed by atoms with van der Waals surface area (Å²) in [5, 5.41) is 53.9. The molecule has 0 spiro atoms. The van der Waals surface area contributed by atoms with Gasteiger partial charge in [0, 0.05) is 23.4 Å². The summed E-state index contributed by atoms with van der Waals surface area (Å²) in [5.74, 6) is -1.45. The molecule has 12 nitrogen and oxygen atoms in total. The van der Waals surface area contributed by atoms with E-state index in [2.05, 4.69) is 4.98 Å². The Morgan fingerprint density at radius 3 is 2.49 bits per heavy atom. The first-order valence-electron chi connectivity index (χ1n) is 12.9. The zero-order chi connectivity index (χ0) is 29.6. The van der Waals surface area contributed by atoms with E-state index in [4.69, 9.17) is 19.9 Å². The van der Waals surface area contributed by atoms with Crippen LogP contribution in [0, 0.1) is 6.92 Å². The Morgan fingerprint density at radius 1 is 1.07 bits per heavy atom. The SMILES string of the molecule is COc1cc(OC2OC(CO)C(O)(CCc3ccnc(N)c3)C(O)C2O)c2c(c1)C(=O)c1cc(C)cc(O)c1C2=O. The molecule has 0 bridgehead atoms. The van der Waals surface area contributed by atoms with Gasteiger partial charge >= 0.3 is 0 Å². The van der Waals surface area contributed by atoms with E-state index >= 15 is 0 Å². The van der Waals surface area contributed by atoms with E-state index in [-0.39, 0.29) is 58.2 Å². The minimum Gasteiger partial charge on any atom is -0.507 e. The molecule has 7 N–H and O–H groups in total. The van der Waals surface area contributed by atoms with Crippen LogP contribution in [0.25, 0.3) is 0 Å². The molecule has 41 heavy (non-hydrogen) atoms. The first kappa shape index (κ1) is 28.5. The van der Waals surface area contributed by atoms with Crippen molar-refractivity contribution >= 4 is 17.4 Å². The highest BCUT2D eigenvalue weighted by atomic mass is 16.7. The zero-order valence-corrected chi connectivity index (χ0v) is 22.3. The molecule has 1 saturated heterocycles. The summed E-state index contributed by atoms with van der Waals surface area (Å²) in [4.78, 5) is 30.9. The maximum absolute atomic E-state index is 13.6. The quantitative estimate of drug-likeness (QED) is 0.183.